The molecule has 0 aliphatic rings. The van der Waals surface area contributed by atoms with E-state index in [0.717, 1.165) is 17.1 Å². The van der Waals surface area contributed by atoms with Crippen LogP contribution in [0.5, 0.6) is 0 Å². The van der Waals surface area contributed by atoms with Crippen LogP contribution in [0.15, 0.2) is 29.2 Å². The molecule has 0 atom stereocenters. The molecule has 1 aromatic carbocycles. The molecule has 4 nitrogen and oxygen atoms in total. The number of hydrogen-bond donors (Lipinski definition) is 1. The van der Waals surface area contributed by atoms with Crippen molar-refractivity contribution in [1.82, 2.24) is 5.32 Å². The Kier molecular flexibility index (Phi) is 6.28. The Hall–Kier alpha value is -1.49. The maximum absolute atomic E-state index is 11.9. The molecule has 18 heavy (non-hydrogen) atoms. The average molecular weight is 267 g/mol. The summed E-state index contributed by atoms with van der Waals surface area (Å²) >= 11 is 1.64. The maximum atomic E-state index is 11.9. The SMILES string of the molecule is CCCSc1ccccc1C(=O)NCC(=O)OC. The number of hydrogen-bond acceptors (Lipinski definition) is 4. The highest BCUT2D eigenvalue weighted by Crippen LogP contribution is 2.23. The third-order valence-electron chi connectivity index (χ3n) is 2.21. The normalized spacial score (nSPS) is 9.89. The molecule has 1 amide bonds. The second-order valence-electron chi connectivity index (χ2n) is 3.60. The Morgan fingerprint density at radius 3 is 2.72 bits per heavy atom. The zero-order valence-corrected chi connectivity index (χ0v) is 11.4. The largest absolute Gasteiger partial charge is 0.468 e. The van der Waals surface area contributed by atoms with E-state index in [4.69, 9.17) is 0 Å². The third kappa shape index (κ3) is 4.41. The first-order valence-electron chi connectivity index (χ1n) is 5.75. The van der Waals surface area contributed by atoms with Gasteiger partial charge >= 0.3 is 5.97 Å². The van der Waals surface area contributed by atoms with Crippen LogP contribution in [0.1, 0.15) is 23.7 Å². The van der Waals surface area contributed by atoms with Crippen molar-refractivity contribution in [3.05, 3.63) is 29.8 Å². The molecule has 0 heterocycles. The molecule has 1 rings (SSSR count). The van der Waals surface area contributed by atoms with Crippen molar-refractivity contribution >= 4 is 23.6 Å². The zero-order valence-electron chi connectivity index (χ0n) is 10.6. The first-order chi connectivity index (χ1) is 8.69. The fourth-order valence-corrected chi connectivity index (χ4v) is 2.23. The lowest BCUT2D eigenvalue weighted by Crippen LogP contribution is -2.30. The Bertz CT molecular complexity index is 420. The summed E-state index contributed by atoms with van der Waals surface area (Å²) in [4.78, 5) is 23.8. The van der Waals surface area contributed by atoms with E-state index >= 15 is 0 Å². The molecule has 0 aromatic heterocycles. The van der Waals surface area contributed by atoms with Crippen molar-refractivity contribution in [3.8, 4) is 0 Å². The summed E-state index contributed by atoms with van der Waals surface area (Å²) in [7, 11) is 1.29. The summed E-state index contributed by atoms with van der Waals surface area (Å²) in [5, 5.41) is 2.54. The predicted octanol–water partition coefficient (Wildman–Crippen LogP) is 2.09. The van der Waals surface area contributed by atoms with Crippen molar-refractivity contribution in [3.63, 3.8) is 0 Å². The number of rotatable bonds is 6. The highest BCUT2D eigenvalue weighted by Gasteiger charge is 2.12. The summed E-state index contributed by atoms with van der Waals surface area (Å²) in [6.45, 7) is 1.98. The van der Waals surface area contributed by atoms with Crippen LogP contribution in [-0.4, -0.2) is 31.3 Å². The van der Waals surface area contributed by atoms with Crippen LogP contribution >= 0.6 is 11.8 Å². The summed E-state index contributed by atoms with van der Waals surface area (Å²) < 4.78 is 4.47. The monoisotopic (exact) mass is 267 g/mol. The van der Waals surface area contributed by atoms with Crippen molar-refractivity contribution < 1.29 is 14.3 Å². The molecule has 0 aliphatic carbocycles. The Labute approximate surface area is 111 Å². The van der Waals surface area contributed by atoms with E-state index in [2.05, 4.69) is 17.0 Å². The minimum absolute atomic E-state index is 0.109. The van der Waals surface area contributed by atoms with Gasteiger partial charge in [0.2, 0.25) is 0 Å². The number of esters is 1. The first-order valence-corrected chi connectivity index (χ1v) is 6.74. The summed E-state index contributed by atoms with van der Waals surface area (Å²) in [6.07, 6.45) is 1.04. The minimum atomic E-state index is -0.456. The highest BCUT2D eigenvalue weighted by atomic mass is 32.2. The van der Waals surface area contributed by atoms with E-state index in [1.165, 1.54) is 7.11 Å². The van der Waals surface area contributed by atoms with E-state index in [9.17, 15) is 9.59 Å². The molecule has 0 radical (unpaired) electrons. The Morgan fingerprint density at radius 1 is 1.33 bits per heavy atom. The molecule has 98 valence electrons. The van der Waals surface area contributed by atoms with Gasteiger partial charge in [-0.15, -0.1) is 11.8 Å². The molecular weight excluding hydrogens is 250 g/mol. The second-order valence-corrected chi connectivity index (χ2v) is 4.74. The fraction of sp³-hybridized carbons (Fsp3) is 0.385. The number of thioether (sulfide) groups is 1. The summed E-state index contributed by atoms with van der Waals surface area (Å²) in [6, 6.07) is 7.37. The van der Waals surface area contributed by atoms with Crippen molar-refractivity contribution in [2.24, 2.45) is 0 Å². The van der Waals surface area contributed by atoms with Crippen LogP contribution in [0.3, 0.4) is 0 Å². The van der Waals surface area contributed by atoms with Gasteiger partial charge in [-0.05, 0) is 24.3 Å². The number of carbonyl (C=O) groups excluding carboxylic acids is 2. The van der Waals surface area contributed by atoms with Gasteiger partial charge < -0.3 is 10.1 Å². The van der Waals surface area contributed by atoms with E-state index in [1.807, 2.05) is 18.2 Å². The maximum Gasteiger partial charge on any atom is 0.325 e. The lowest BCUT2D eigenvalue weighted by atomic mass is 10.2. The van der Waals surface area contributed by atoms with Gasteiger partial charge in [0, 0.05) is 4.90 Å². The number of nitrogens with one attached hydrogen (secondary N) is 1. The van der Waals surface area contributed by atoms with Gasteiger partial charge in [-0.3, -0.25) is 9.59 Å². The van der Waals surface area contributed by atoms with Crippen LogP contribution < -0.4 is 5.32 Å². The van der Waals surface area contributed by atoms with Crippen LogP contribution in [0.25, 0.3) is 0 Å². The lowest BCUT2D eigenvalue weighted by molar-refractivity contribution is -0.139. The molecule has 0 aliphatic heterocycles. The molecule has 0 bridgehead atoms. The van der Waals surface area contributed by atoms with Gasteiger partial charge in [-0.2, -0.15) is 0 Å². The number of amides is 1. The molecule has 1 aromatic rings. The topological polar surface area (TPSA) is 55.4 Å². The molecule has 5 heteroatoms. The van der Waals surface area contributed by atoms with Crippen LogP contribution in [0, 0.1) is 0 Å². The van der Waals surface area contributed by atoms with Gasteiger partial charge in [0.25, 0.3) is 5.91 Å². The molecule has 0 fully saturated rings. The number of ether oxygens (including phenoxy) is 1. The molecular formula is C13H17NO3S. The quantitative estimate of drug-likeness (QED) is 0.633. The number of carbonyl (C=O) groups is 2. The van der Waals surface area contributed by atoms with E-state index in [1.54, 1.807) is 17.8 Å². The lowest BCUT2D eigenvalue weighted by Gasteiger charge is -2.08. The van der Waals surface area contributed by atoms with Gasteiger partial charge in [0.15, 0.2) is 0 Å². The van der Waals surface area contributed by atoms with E-state index in [-0.39, 0.29) is 12.5 Å². The van der Waals surface area contributed by atoms with Crippen LogP contribution in [0.2, 0.25) is 0 Å². The zero-order chi connectivity index (χ0) is 13.4. The summed E-state index contributed by atoms with van der Waals surface area (Å²) in [5.41, 5.74) is 0.597. The molecule has 0 spiro atoms. The number of benzene rings is 1. The van der Waals surface area contributed by atoms with Crippen LogP contribution in [-0.2, 0) is 9.53 Å². The molecule has 0 saturated carbocycles. The van der Waals surface area contributed by atoms with Crippen LogP contribution in [0.4, 0.5) is 0 Å². The summed E-state index contributed by atoms with van der Waals surface area (Å²) in [5.74, 6) is 0.253. The van der Waals surface area contributed by atoms with Crippen molar-refractivity contribution in [2.45, 2.75) is 18.2 Å². The minimum Gasteiger partial charge on any atom is -0.468 e. The van der Waals surface area contributed by atoms with Gasteiger partial charge in [0.1, 0.15) is 6.54 Å². The van der Waals surface area contributed by atoms with Gasteiger partial charge in [-0.1, -0.05) is 19.1 Å². The number of methoxy groups -OCH3 is 1. The molecule has 1 N–H and O–H groups in total. The van der Waals surface area contributed by atoms with E-state index in [0.29, 0.717) is 5.56 Å². The van der Waals surface area contributed by atoms with E-state index < -0.39 is 5.97 Å². The predicted molar refractivity (Wildman–Crippen MR) is 71.8 cm³/mol. The first kappa shape index (κ1) is 14.6. The highest BCUT2D eigenvalue weighted by molar-refractivity contribution is 7.99. The third-order valence-corrected chi connectivity index (χ3v) is 3.49. The fourth-order valence-electron chi connectivity index (χ4n) is 1.31. The van der Waals surface area contributed by atoms with Crippen molar-refractivity contribution in [1.29, 1.82) is 0 Å². The molecule has 0 saturated heterocycles. The van der Waals surface area contributed by atoms with Gasteiger partial charge in [0.05, 0.1) is 12.7 Å². The Balaban J connectivity index is 2.69. The van der Waals surface area contributed by atoms with Gasteiger partial charge in [-0.25, -0.2) is 0 Å². The molecule has 0 unspecified atom stereocenters. The smallest absolute Gasteiger partial charge is 0.325 e. The van der Waals surface area contributed by atoms with Crippen molar-refractivity contribution in [2.75, 3.05) is 19.4 Å². The Morgan fingerprint density at radius 2 is 2.06 bits per heavy atom. The standard InChI is InChI=1S/C13H17NO3S/c1-3-8-18-11-7-5-4-6-10(11)13(16)14-9-12(15)17-2/h4-7H,3,8-9H2,1-2H3,(H,14,16). The average Bonchev–Trinajstić information content (AvgIpc) is 2.42. The second kappa shape index (κ2) is 7.76.